The van der Waals surface area contributed by atoms with Crippen LogP contribution in [0.3, 0.4) is 0 Å². The van der Waals surface area contributed by atoms with Gasteiger partial charge in [-0.3, -0.25) is 9.69 Å². The van der Waals surface area contributed by atoms with E-state index in [1.54, 1.807) is 0 Å². The van der Waals surface area contributed by atoms with E-state index in [-0.39, 0.29) is 12.0 Å². The third-order valence-corrected chi connectivity index (χ3v) is 3.32. The standard InChI is InChI=1S/C11H20N2O2/c14-10-4-7-12(8-10)9-11(15)13-5-2-1-3-6-13/h10,14H,1-9H2/t10-/m1/s1. The number of carbonyl (C=O) groups excluding carboxylic acids is 1. The molecule has 2 aliphatic heterocycles. The number of likely N-dealkylation sites (tertiary alicyclic amines) is 2. The van der Waals surface area contributed by atoms with Crippen molar-refractivity contribution in [3.05, 3.63) is 0 Å². The molecule has 0 radical (unpaired) electrons. The highest BCUT2D eigenvalue weighted by molar-refractivity contribution is 5.78. The molecule has 0 aromatic carbocycles. The summed E-state index contributed by atoms with van der Waals surface area (Å²) in [7, 11) is 0. The first-order chi connectivity index (χ1) is 7.25. The Morgan fingerprint density at radius 3 is 2.53 bits per heavy atom. The van der Waals surface area contributed by atoms with Crippen LogP contribution in [-0.4, -0.2) is 59.6 Å². The lowest BCUT2D eigenvalue weighted by atomic mass is 10.1. The normalized spacial score (nSPS) is 28.3. The molecule has 1 N–H and O–H groups in total. The molecule has 2 rings (SSSR count). The SMILES string of the molecule is O=C(CN1CC[C@@H](O)C1)N1CCCCC1. The Balaban J connectivity index is 1.76. The van der Waals surface area contributed by atoms with E-state index >= 15 is 0 Å². The monoisotopic (exact) mass is 212 g/mol. The number of carbonyl (C=O) groups is 1. The van der Waals surface area contributed by atoms with Crippen molar-refractivity contribution in [2.45, 2.75) is 31.8 Å². The number of β-amino-alcohol motifs (C(OH)–C–C–N with tert-alkyl or cyclic N) is 1. The maximum absolute atomic E-state index is 11.9. The first-order valence-electron chi connectivity index (χ1n) is 5.94. The lowest BCUT2D eigenvalue weighted by Crippen LogP contribution is -2.42. The maximum atomic E-state index is 11.9. The predicted molar refractivity (Wildman–Crippen MR) is 57.5 cm³/mol. The molecule has 4 heteroatoms. The van der Waals surface area contributed by atoms with Gasteiger partial charge in [-0.25, -0.2) is 0 Å². The van der Waals surface area contributed by atoms with Gasteiger partial charge in [0.2, 0.25) is 5.91 Å². The quantitative estimate of drug-likeness (QED) is 0.704. The fourth-order valence-corrected chi connectivity index (χ4v) is 2.39. The van der Waals surface area contributed by atoms with Gasteiger partial charge in [-0.05, 0) is 25.7 Å². The van der Waals surface area contributed by atoms with Crippen LogP contribution in [0.15, 0.2) is 0 Å². The number of piperidine rings is 1. The molecule has 0 aromatic heterocycles. The minimum absolute atomic E-state index is 0.223. The Morgan fingerprint density at radius 2 is 1.93 bits per heavy atom. The number of hydrogen-bond acceptors (Lipinski definition) is 3. The van der Waals surface area contributed by atoms with Gasteiger partial charge in [0.25, 0.3) is 0 Å². The Labute approximate surface area is 90.9 Å². The number of aliphatic hydroxyl groups excluding tert-OH is 1. The van der Waals surface area contributed by atoms with Gasteiger partial charge in [-0.15, -0.1) is 0 Å². The summed E-state index contributed by atoms with van der Waals surface area (Å²) in [6.07, 6.45) is 4.14. The molecule has 0 aliphatic carbocycles. The Bertz CT molecular complexity index is 227. The number of aliphatic hydroxyl groups is 1. The van der Waals surface area contributed by atoms with Gasteiger partial charge in [0, 0.05) is 26.2 Å². The highest BCUT2D eigenvalue weighted by Crippen LogP contribution is 2.12. The van der Waals surface area contributed by atoms with Crippen molar-refractivity contribution in [1.82, 2.24) is 9.80 Å². The van der Waals surface area contributed by atoms with Crippen molar-refractivity contribution >= 4 is 5.91 Å². The number of rotatable bonds is 2. The molecule has 4 nitrogen and oxygen atoms in total. The van der Waals surface area contributed by atoms with Crippen LogP contribution in [0.2, 0.25) is 0 Å². The molecule has 2 fully saturated rings. The molecule has 0 saturated carbocycles. The molecule has 0 bridgehead atoms. The Hall–Kier alpha value is -0.610. The van der Waals surface area contributed by atoms with Gasteiger partial charge in [-0.2, -0.15) is 0 Å². The Morgan fingerprint density at radius 1 is 1.20 bits per heavy atom. The summed E-state index contributed by atoms with van der Waals surface area (Å²) >= 11 is 0. The van der Waals surface area contributed by atoms with Gasteiger partial charge in [0.1, 0.15) is 0 Å². The van der Waals surface area contributed by atoms with Crippen LogP contribution in [0.1, 0.15) is 25.7 Å². The van der Waals surface area contributed by atoms with E-state index in [4.69, 9.17) is 0 Å². The highest BCUT2D eigenvalue weighted by Gasteiger charge is 2.24. The first kappa shape index (κ1) is 10.9. The summed E-state index contributed by atoms with van der Waals surface area (Å²) in [6, 6.07) is 0. The molecule has 1 amide bonds. The maximum Gasteiger partial charge on any atom is 0.236 e. The molecule has 1 atom stereocenters. The van der Waals surface area contributed by atoms with E-state index in [0.717, 1.165) is 38.9 Å². The second kappa shape index (κ2) is 4.94. The highest BCUT2D eigenvalue weighted by atomic mass is 16.3. The summed E-state index contributed by atoms with van der Waals surface area (Å²) in [5, 5.41) is 9.36. The van der Waals surface area contributed by atoms with Crippen molar-refractivity contribution in [2.24, 2.45) is 0 Å². The summed E-state index contributed by atoms with van der Waals surface area (Å²) in [5.41, 5.74) is 0. The van der Waals surface area contributed by atoms with Crippen LogP contribution in [0.5, 0.6) is 0 Å². The fourth-order valence-electron chi connectivity index (χ4n) is 2.39. The average molecular weight is 212 g/mol. The zero-order valence-corrected chi connectivity index (χ0v) is 9.19. The van der Waals surface area contributed by atoms with Gasteiger partial charge in [-0.1, -0.05) is 0 Å². The van der Waals surface area contributed by atoms with E-state index in [1.165, 1.54) is 6.42 Å². The minimum atomic E-state index is -0.223. The van der Waals surface area contributed by atoms with Gasteiger partial charge < -0.3 is 10.0 Å². The van der Waals surface area contributed by atoms with Crippen LogP contribution in [0.4, 0.5) is 0 Å². The molecule has 0 aromatic rings. The van der Waals surface area contributed by atoms with E-state index in [2.05, 4.69) is 4.90 Å². The van der Waals surface area contributed by atoms with Crippen LogP contribution in [0, 0.1) is 0 Å². The lowest BCUT2D eigenvalue weighted by Gasteiger charge is -2.28. The minimum Gasteiger partial charge on any atom is -0.392 e. The van der Waals surface area contributed by atoms with Crippen molar-refractivity contribution in [1.29, 1.82) is 0 Å². The zero-order chi connectivity index (χ0) is 10.7. The second-order valence-corrected chi connectivity index (χ2v) is 4.62. The number of nitrogens with zero attached hydrogens (tertiary/aromatic N) is 2. The summed E-state index contributed by atoms with van der Waals surface area (Å²) in [4.78, 5) is 15.9. The molecule has 2 heterocycles. The third-order valence-electron chi connectivity index (χ3n) is 3.32. The van der Waals surface area contributed by atoms with Gasteiger partial charge in [0.05, 0.1) is 12.6 Å². The van der Waals surface area contributed by atoms with E-state index in [9.17, 15) is 9.90 Å². The largest absolute Gasteiger partial charge is 0.392 e. The van der Waals surface area contributed by atoms with Crippen molar-refractivity contribution in [3.63, 3.8) is 0 Å². The third kappa shape index (κ3) is 2.92. The van der Waals surface area contributed by atoms with Crippen LogP contribution >= 0.6 is 0 Å². The zero-order valence-electron chi connectivity index (χ0n) is 9.19. The molecular weight excluding hydrogens is 192 g/mol. The molecule has 0 unspecified atom stereocenters. The smallest absolute Gasteiger partial charge is 0.236 e. The van der Waals surface area contributed by atoms with E-state index in [1.807, 2.05) is 4.90 Å². The summed E-state index contributed by atoms with van der Waals surface area (Å²) < 4.78 is 0. The van der Waals surface area contributed by atoms with E-state index < -0.39 is 0 Å². The molecule has 0 spiro atoms. The summed E-state index contributed by atoms with van der Waals surface area (Å²) in [6.45, 7) is 3.88. The first-order valence-corrected chi connectivity index (χ1v) is 5.94. The van der Waals surface area contributed by atoms with Crippen molar-refractivity contribution in [2.75, 3.05) is 32.7 Å². The van der Waals surface area contributed by atoms with Crippen LogP contribution < -0.4 is 0 Å². The molecule has 2 saturated heterocycles. The molecule has 15 heavy (non-hydrogen) atoms. The molecule has 2 aliphatic rings. The number of amides is 1. The average Bonchev–Trinajstić information content (AvgIpc) is 2.65. The lowest BCUT2D eigenvalue weighted by molar-refractivity contribution is -0.133. The van der Waals surface area contributed by atoms with E-state index in [0.29, 0.717) is 13.1 Å². The number of hydrogen-bond donors (Lipinski definition) is 1. The summed E-state index contributed by atoms with van der Waals surface area (Å²) in [5.74, 6) is 0.240. The van der Waals surface area contributed by atoms with Gasteiger partial charge >= 0.3 is 0 Å². The van der Waals surface area contributed by atoms with Crippen LogP contribution in [-0.2, 0) is 4.79 Å². The predicted octanol–water partition coefficient (Wildman–Crippen LogP) is 0.0655. The molecular formula is C11H20N2O2. The topological polar surface area (TPSA) is 43.8 Å². The van der Waals surface area contributed by atoms with Crippen LogP contribution in [0.25, 0.3) is 0 Å². The van der Waals surface area contributed by atoms with Crippen molar-refractivity contribution in [3.8, 4) is 0 Å². The van der Waals surface area contributed by atoms with Gasteiger partial charge in [0.15, 0.2) is 0 Å². The molecule has 86 valence electrons. The van der Waals surface area contributed by atoms with Crippen molar-refractivity contribution < 1.29 is 9.90 Å². The fraction of sp³-hybridized carbons (Fsp3) is 0.909. The second-order valence-electron chi connectivity index (χ2n) is 4.62. The Kier molecular flexibility index (Phi) is 3.59.